The first-order valence-corrected chi connectivity index (χ1v) is 15.1. The van der Waals surface area contributed by atoms with Crippen LogP contribution in [0.25, 0.3) is 67.7 Å². The third kappa shape index (κ3) is 4.98. The normalized spacial score (nSPS) is 11.1. The zero-order chi connectivity index (χ0) is 30.9. The summed E-state index contributed by atoms with van der Waals surface area (Å²) in [4.78, 5) is 28.4. The third-order valence-corrected chi connectivity index (χ3v) is 8.04. The maximum atomic E-state index is 13.9. The van der Waals surface area contributed by atoms with Gasteiger partial charge in [-0.2, -0.15) is 0 Å². The first-order valence-electron chi connectivity index (χ1n) is 15.1. The molecule has 0 fully saturated rings. The summed E-state index contributed by atoms with van der Waals surface area (Å²) in [5.41, 5.74) is 7.97. The van der Waals surface area contributed by atoms with E-state index >= 15 is 0 Å². The van der Waals surface area contributed by atoms with Gasteiger partial charge in [0.15, 0.2) is 17.5 Å². The quantitative estimate of drug-likeness (QED) is 0.194. The monoisotopic (exact) mass is 593 g/mol. The number of nitrogens with zero attached hydrogens (tertiary/aromatic N) is 5. The average Bonchev–Trinajstić information content (AvgIpc) is 3.43. The van der Waals surface area contributed by atoms with Crippen LogP contribution in [0.1, 0.15) is 0 Å². The summed E-state index contributed by atoms with van der Waals surface area (Å²) < 4.78 is 3.55. The smallest absolute Gasteiger partial charge is 0.260 e. The summed E-state index contributed by atoms with van der Waals surface area (Å²) >= 11 is 0. The number of benzene rings is 6. The molecule has 0 aliphatic rings. The topological polar surface area (TPSA) is 65.6 Å². The van der Waals surface area contributed by atoms with Gasteiger partial charge in [-0.1, -0.05) is 127 Å². The molecule has 6 aromatic carbocycles. The number of imidazole rings is 1. The molecule has 6 heteroatoms. The van der Waals surface area contributed by atoms with Crippen LogP contribution in [-0.4, -0.2) is 24.1 Å². The van der Waals surface area contributed by atoms with Gasteiger partial charge in [0, 0.05) is 16.7 Å². The fourth-order valence-electron chi connectivity index (χ4n) is 5.78. The SMILES string of the molecule is O=c1n(-c2ccccc2)c2ccc(-c3ccc(-c4nc(-c5ccccc5)nc(-c5ccccc5)n4)cc3)cc2n1-c1ccccc1. The molecule has 8 rings (SSSR count). The Morgan fingerprint density at radius 1 is 0.348 bits per heavy atom. The van der Waals surface area contributed by atoms with Gasteiger partial charge in [0.2, 0.25) is 0 Å². The molecular formula is C40H27N5O. The van der Waals surface area contributed by atoms with Crippen molar-refractivity contribution in [3.8, 4) is 56.7 Å². The molecule has 0 aliphatic heterocycles. The lowest BCUT2D eigenvalue weighted by atomic mass is 10.0. The van der Waals surface area contributed by atoms with Crippen LogP contribution < -0.4 is 5.69 Å². The summed E-state index contributed by atoms with van der Waals surface area (Å²) in [5, 5.41) is 0. The van der Waals surface area contributed by atoms with Crippen molar-refractivity contribution in [3.05, 3.63) is 174 Å². The lowest BCUT2D eigenvalue weighted by molar-refractivity contribution is 0.931. The molecule has 8 aromatic rings. The lowest BCUT2D eigenvalue weighted by Gasteiger charge is -2.09. The maximum Gasteiger partial charge on any atom is 0.338 e. The molecule has 2 heterocycles. The highest BCUT2D eigenvalue weighted by atomic mass is 16.1. The summed E-state index contributed by atoms with van der Waals surface area (Å²) in [5.74, 6) is 1.86. The van der Waals surface area contributed by atoms with Gasteiger partial charge < -0.3 is 0 Å². The number of hydrogen-bond donors (Lipinski definition) is 0. The molecule has 0 amide bonds. The Hall–Kier alpha value is -6.40. The van der Waals surface area contributed by atoms with E-state index in [9.17, 15) is 4.79 Å². The molecule has 0 saturated heterocycles. The zero-order valence-corrected chi connectivity index (χ0v) is 24.7. The van der Waals surface area contributed by atoms with Crippen molar-refractivity contribution in [2.75, 3.05) is 0 Å². The second-order valence-corrected chi connectivity index (χ2v) is 10.9. The molecule has 218 valence electrons. The predicted octanol–water partition coefficient (Wildman–Crippen LogP) is 8.63. The van der Waals surface area contributed by atoms with Gasteiger partial charge in [0.05, 0.1) is 22.4 Å². The first-order chi connectivity index (χ1) is 22.7. The van der Waals surface area contributed by atoms with E-state index in [-0.39, 0.29) is 5.69 Å². The molecule has 0 bridgehead atoms. The Morgan fingerprint density at radius 2 is 0.717 bits per heavy atom. The van der Waals surface area contributed by atoms with Gasteiger partial charge in [0.1, 0.15) is 0 Å². The first kappa shape index (κ1) is 27.2. The van der Waals surface area contributed by atoms with Crippen molar-refractivity contribution in [3.63, 3.8) is 0 Å². The van der Waals surface area contributed by atoms with E-state index in [0.29, 0.717) is 17.5 Å². The molecule has 6 nitrogen and oxygen atoms in total. The van der Waals surface area contributed by atoms with E-state index in [1.54, 1.807) is 9.13 Å². The molecule has 0 saturated carbocycles. The van der Waals surface area contributed by atoms with Gasteiger partial charge >= 0.3 is 5.69 Å². The largest absolute Gasteiger partial charge is 0.338 e. The highest BCUT2D eigenvalue weighted by molar-refractivity contribution is 5.86. The van der Waals surface area contributed by atoms with Gasteiger partial charge in [-0.05, 0) is 47.5 Å². The Kier molecular flexibility index (Phi) is 6.85. The molecule has 0 N–H and O–H groups in total. The van der Waals surface area contributed by atoms with Crippen LogP contribution in [0.15, 0.2) is 169 Å². The van der Waals surface area contributed by atoms with Crippen molar-refractivity contribution in [1.82, 2.24) is 24.1 Å². The van der Waals surface area contributed by atoms with Crippen LogP contribution in [0.3, 0.4) is 0 Å². The van der Waals surface area contributed by atoms with Crippen LogP contribution in [0, 0.1) is 0 Å². The van der Waals surface area contributed by atoms with Crippen molar-refractivity contribution >= 4 is 11.0 Å². The van der Waals surface area contributed by atoms with E-state index in [1.807, 2.05) is 140 Å². The molecule has 0 aliphatic carbocycles. The van der Waals surface area contributed by atoms with Gasteiger partial charge in [-0.3, -0.25) is 9.13 Å². The van der Waals surface area contributed by atoms with Crippen LogP contribution in [-0.2, 0) is 0 Å². The fraction of sp³-hybridized carbons (Fsp3) is 0. The number of fused-ring (bicyclic) bond motifs is 1. The predicted molar refractivity (Wildman–Crippen MR) is 184 cm³/mol. The van der Waals surface area contributed by atoms with Gasteiger partial charge in [-0.25, -0.2) is 19.7 Å². The standard InChI is InChI=1S/C40H27N5O/c46-40-44(33-17-9-3-10-18-33)35-26-25-32(27-36(35)45(40)34-19-11-4-12-20-34)28-21-23-31(24-22-28)39-42-37(29-13-5-1-6-14-29)41-38(43-39)30-15-7-2-8-16-30/h1-27H. The zero-order valence-electron chi connectivity index (χ0n) is 24.7. The lowest BCUT2D eigenvalue weighted by Crippen LogP contribution is -2.21. The van der Waals surface area contributed by atoms with Gasteiger partial charge in [0.25, 0.3) is 0 Å². The highest BCUT2D eigenvalue weighted by Gasteiger charge is 2.17. The van der Waals surface area contributed by atoms with Crippen LogP contribution in [0.2, 0.25) is 0 Å². The van der Waals surface area contributed by atoms with E-state index < -0.39 is 0 Å². The summed E-state index contributed by atoms with van der Waals surface area (Å²) in [6, 6.07) is 53.8. The molecule has 0 spiro atoms. The highest BCUT2D eigenvalue weighted by Crippen LogP contribution is 2.30. The molecule has 0 radical (unpaired) electrons. The molecule has 46 heavy (non-hydrogen) atoms. The number of para-hydroxylation sites is 2. The second-order valence-electron chi connectivity index (χ2n) is 10.9. The van der Waals surface area contributed by atoms with E-state index in [4.69, 9.17) is 15.0 Å². The number of rotatable bonds is 6. The number of hydrogen-bond acceptors (Lipinski definition) is 4. The van der Waals surface area contributed by atoms with Gasteiger partial charge in [-0.15, -0.1) is 0 Å². The fourth-order valence-corrected chi connectivity index (χ4v) is 5.78. The maximum absolute atomic E-state index is 13.9. The van der Waals surface area contributed by atoms with E-state index in [1.165, 1.54) is 0 Å². The Balaban J connectivity index is 1.23. The Labute approximate surface area is 265 Å². The minimum absolute atomic E-state index is 0.113. The van der Waals surface area contributed by atoms with Crippen molar-refractivity contribution in [2.45, 2.75) is 0 Å². The van der Waals surface area contributed by atoms with Crippen molar-refractivity contribution in [2.24, 2.45) is 0 Å². The summed E-state index contributed by atoms with van der Waals surface area (Å²) in [7, 11) is 0. The summed E-state index contributed by atoms with van der Waals surface area (Å²) in [6.07, 6.45) is 0. The van der Waals surface area contributed by atoms with E-state index in [0.717, 1.165) is 50.2 Å². The molecule has 2 aromatic heterocycles. The van der Waals surface area contributed by atoms with E-state index in [2.05, 4.69) is 24.3 Å². The van der Waals surface area contributed by atoms with Crippen molar-refractivity contribution in [1.29, 1.82) is 0 Å². The average molecular weight is 594 g/mol. The summed E-state index contributed by atoms with van der Waals surface area (Å²) in [6.45, 7) is 0. The molecular weight excluding hydrogens is 566 g/mol. The molecule has 0 atom stereocenters. The molecule has 0 unspecified atom stereocenters. The Bertz CT molecular complexity index is 2290. The van der Waals surface area contributed by atoms with Crippen LogP contribution >= 0.6 is 0 Å². The van der Waals surface area contributed by atoms with Crippen molar-refractivity contribution < 1.29 is 0 Å². The van der Waals surface area contributed by atoms with Crippen LogP contribution in [0.5, 0.6) is 0 Å². The number of aromatic nitrogens is 5. The second kappa shape index (κ2) is 11.6. The third-order valence-electron chi connectivity index (χ3n) is 8.04. The minimum Gasteiger partial charge on any atom is -0.260 e. The van der Waals surface area contributed by atoms with Crippen LogP contribution in [0.4, 0.5) is 0 Å². The Morgan fingerprint density at radius 3 is 1.20 bits per heavy atom. The minimum atomic E-state index is -0.113.